The molecule has 0 aliphatic heterocycles. The second-order valence-electron chi connectivity index (χ2n) is 7.05. The molecule has 1 amide bonds. The number of rotatable bonds is 10. The summed E-state index contributed by atoms with van der Waals surface area (Å²) in [5, 5.41) is 6.15. The molecule has 0 spiro atoms. The third-order valence-corrected chi connectivity index (χ3v) is 4.24. The van der Waals surface area contributed by atoms with E-state index in [0.717, 1.165) is 12.0 Å². The first-order valence-electron chi connectivity index (χ1n) is 9.64. The summed E-state index contributed by atoms with van der Waals surface area (Å²) in [5.41, 5.74) is 1.57. The number of benzene rings is 1. The Balaban J connectivity index is 2.00. The van der Waals surface area contributed by atoms with Crippen LogP contribution in [-0.2, 0) is 20.9 Å². The van der Waals surface area contributed by atoms with Gasteiger partial charge in [0.05, 0.1) is 25.2 Å². The van der Waals surface area contributed by atoms with Gasteiger partial charge >= 0.3 is 5.97 Å². The Morgan fingerprint density at radius 2 is 1.86 bits per heavy atom. The monoisotopic (exact) mass is 396 g/mol. The zero-order valence-corrected chi connectivity index (χ0v) is 17.1. The fourth-order valence-electron chi connectivity index (χ4n) is 2.58. The van der Waals surface area contributed by atoms with E-state index in [4.69, 9.17) is 0 Å². The molecule has 7 heteroatoms. The minimum absolute atomic E-state index is 0.0778. The molecular weight excluding hydrogens is 368 g/mol. The Bertz CT molecular complexity index is 805. The zero-order valence-electron chi connectivity index (χ0n) is 17.1. The summed E-state index contributed by atoms with van der Waals surface area (Å²) in [6.07, 6.45) is 7.46. The van der Waals surface area contributed by atoms with Crippen molar-refractivity contribution in [2.75, 3.05) is 12.4 Å². The molecule has 1 atom stereocenters. The summed E-state index contributed by atoms with van der Waals surface area (Å²) in [4.78, 5) is 32.4. The van der Waals surface area contributed by atoms with Gasteiger partial charge in [0.15, 0.2) is 0 Å². The lowest BCUT2D eigenvalue weighted by Crippen LogP contribution is -2.39. The lowest BCUT2D eigenvalue weighted by molar-refractivity contribution is -0.134. The van der Waals surface area contributed by atoms with Gasteiger partial charge in [0.1, 0.15) is 11.9 Å². The third kappa shape index (κ3) is 8.13. The molecule has 7 nitrogen and oxygen atoms in total. The minimum Gasteiger partial charge on any atom is -0.466 e. The Morgan fingerprint density at radius 3 is 2.48 bits per heavy atom. The highest BCUT2D eigenvalue weighted by Gasteiger charge is 2.19. The number of aromatic nitrogens is 2. The van der Waals surface area contributed by atoms with Crippen LogP contribution in [0.15, 0.2) is 48.8 Å². The van der Waals surface area contributed by atoms with E-state index >= 15 is 0 Å². The maximum atomic E-state index is 12.7. The van der Waals surface area contributed by atoms with Crippen molar-refractivity contribution >= 4 is 23.8 Å². The van der Waals surface area contributed by atoms with E-state index in [1.165, 1.54) is 25.5 Å². The molecule has 1 heterocycles. The van der Waals surface area contributed by atoms with Crippen molar-refractivity contribution in [3.63, 3.8) is 0 Å². The SMILES string of the molecule is COC(=O)C=Cc1cnc(N[C@H](CCC(C)C)C(=O)NCc2ccccc2)cn1. The highest BCUT2D eigenvalue weighted by molar-refractivity contribution is 5.86. The number of ether oxygens (including phenoxy) is 1. The molecule has 0 saturated carbocycles. The van der Waals surface area contributed by atoms with E-state index in [1.54, 1.807) is 6.20 Å². The molecule has 0 fully saturated rings. The van der Waals surface area contributed by atoms with Gasteiger partial charge in [0, 0.05) is 12.6 Å². The van der Waals surface area contributed by atoms with Crippen LogP contribution in [-0.4, -0.2) is 35.0 Å². The van der Waals surface area contributed by atoms with Gasteiger partial charge < -0.3 is 15.4 Å². The number of carbonyl (C=O) groups excluding carboxylic acids is 2. The maximum absolute atomic E-state index is 12.7. The van der Waals surface area contributed by atoms with Crippen LogP contribution in [0.2, 0.25) is 0 Å². The van der Waals surface area contributed by atoms with Crippen molar-refractivity contribution in [3.05, 3.63) is 60.1 Å². The van der Waals surface area contributed by atoms with Gasteiger partial charge in [-0.3, -0.25) is 9.78 Å². The second-order valence-corrected chi connectivity index (χ2v) is 7.05. The minimum atomic E-state index is -0.460. The Kier molecular flexibility index (Phi) is 8.82. The first-order valence-corrected chi connectivity index (χ1v) is 9.64. The molecule has 0 radical (unpaired) electrons. The lowest BCUT2D eigenvalue weighted by Gasteiger charge is -2.20. The molecular formula is C22H28N4O3. The van der Waals surface area contributed by atoms with Crippen molar-refractivity contribution in [2.45, 2.75) is 39.3 Å². The predicted molar refractivity (Wildman–Crippen MR) is 113 cm³/mol. The molecule has 0 saturated heterocycles. The molecule has 0 bridgehead atoms. The van der Waals surface area contributed by atoms with Crippen LogP contribution in [0.5, 0.6) is 0 Å². The summed E-state index contributed by atoms with van der Waals surface area (Å²) in [6, 6.07) is 9.38. The van der Waals surface area contributed by atoms with Crippen LogP contribution in [0.1, 0.15) is 37.9 Å². The third-order valence-electron chi connectivity index (χ3n) is 4.24. The van der Waals surface area contributed by atoms with Crippen molar-refractivity contribution < 1.29 is 14.3 Å². The van der Waals surface area contributed by atoms with Gasteiger partial charge in [-0.2, -0.15) is 0 Å². The number of amides is 1. The van der Waals surface area contributed by atoms with Crippen LogP contribution in [0.3, 0.4) is 0 Å². The molecule has 1 aromatic heterocycles. The van der Waals surface area contributed by atoms with Gasteiger partial charge in [-0.25, -0.2) is 9.78 Å². The summed E-state index contributed by atoms with van der Waals surface area (Å²) >= 11 is 0. The van der Waals surface area contributed by atoms with Gasteiger partial charge in [-0.15, -0.1) is 0 Å². The van der Waals surface area contributed by atoms with E-state index in [-0.39, 0.29) is 5.91 Å². The molecule has 29 heavy (non-hydrogen) atoms. The number of hydrogen-bond acceptors (Lipinski definition) is 6. The molecule has 0 aliphatic carbocycles. The van der Waals surface area contributed by atoms with Gasteiger partial charge in [0.2, 0.25) is 5.91 Å². The number of anilines is 1. The number of esters is 1. The summed E-state index contributed by atoms with van der Waals surface area (Å²) in [5.74, 6) is 0.450. The van der Waals surface area contributed by atoms with Crippen LogP contribution >= 0.6 is 0 Å². The van der Waals surface area contributed by atoms with E-state index in [0.29, 0.717) is 30.4 Å². The second kappa shape index (κ2) is 11.6. The average molecular weight is 396 g/mol. The first kappa shape index (κ1) is 22.1. The van der Waals surface area contributed by atoms with Crippen LogP contribution in [0.25, 0.3) is 6.08 Å². The fourth-order valence-corrected chi connectivity index (χ4v) is 2.58. The van der Waals surface area contributed by atoms with Crippen LogP contribution in [0, 0.1) is 5.92 Å². The smallest absolute Gasteiger partial charge is 0.330 e. The zero-order chi connectivity index (χ0) is 21.1. The number of hydrogen-bond donors (Lipinski definition) is 2. The van der Waals surface area contributed by atoms with E-state index in [9.17, 15) is 9.59 Å². The Labute approximate surface area is 171 Å². The Morgan fingerprint density at radius 1 is 1.10 bits per heavy atom. The molecule has 2 N–H and O–H groups in total. The fraction of sp³-hybridized carbons (Fsp3) is 0.364. The maximum Gasteiger partial charge on any atom is 0.330 e. The topological polar surface area (TPSA) is 93.2 Å². The first-order chi connectivity index (χ1) is 14.0. The molecule has 0 aliphatic rings. The molecule has 2 rings (SSSR count). The van der Waals surface area contributed by atoms with Crippen LogP contribution in [0.4, 0.5) is 5.82 Å². The molecule has 0 unspecified atom stereocenters. The highest BCUT2D eigenvalue weighted by atomic mass is 16.5. The number of nitrogens with zero attached hydrogens (tertiary/aromatic N) is 2. The van der Waals surface area contributed by atoms with Gasteiger partial charge in [-0.1, -0.05) is 44.2 Å². The largest absolute Gasteiger partial charge is 0.466 e. The molecule has 1 aromatic carbocycles. The number of methoxy groups -OCH3 is 1. The van der Waals surface area contributed by atoms with Crippen molar-refractivity contribution in [3.8, 4) is 0 Å². The number of nitrogens with one attached hydrogen (secondary N) is 2. The van der Waals surface area contributed by atoms with Gasteiger partial charge in [-0.05, 0) is 30.4 Å². The molecule has 154 valence electrons. The Hall–Kier alpha value is -3.22. The van der Waals surface area contributed by atoms with E-state index in [1.807, 2.05) is 30.3 Å². The quantitative estimate of drug-likeness (QED) is 0.473. The standard InChI is InChI=1S/C22H28N4O3/c1-16(2)9-11-19(22(28)25-13-17-7-5-4-6-8-17)26-20-15-23-18(14-24-20)10-12-21(27)29-3/h4-8,10,12,14-16,19H,9,11,13H2,1-3H3,(H,24,26)(H,25,28)/t19-/m1/s1. The highest BCUT2D eigenvalue weighted by Crippen LogP contribution is 2.12. The summed E-state index contributed by atoms with van der Waals surface area (Å²) in [7, 11) is 1.31. The van der Waals surface area contributed by atoms with Gasteiger partial charge in [0.25, 0.3) is 0 Å². The predicted octanol–water partition coefficient (Wildman–Crippen LogP) is 3.20. The van der Waals surface area contributed by atoms with Crippen molar-refractivity contribution in [1.29, 1.82) is 0 Å². The van der Waals surface area contributed by atoms with Crippen LogP contribution < -0.4 is 10.6 Å². The summed E-state index contributed by atoms with van der Waals surface area (Å²) in [6.45, 7) is 4.73. The molecule has 2 aromatic rings. The summed E-state index contributed by atoms with van der Waals surface area (Å²) < 4.78 is 4.54. The number of carbonyl (C=O) groups is 2. The normalized spacial score (nSPS) is 12.0. The van der Waals surface area contributed by atoms with Crippen molar-refractivity contribution in [2.24, 2.45) is 5.92 Å². The van der Waals surface area contributed by atoms with E-state index < -0.39 is 12.0 Å². The average Bonchev–Trinajstić information content (AvgIpc) is 2.74. The van der Waals surface area contributed by atoms with Crippen molar-refractivity contribution in [1.82, 2.24) is 15.3 Å². The lowest BCUT2D eigenvalue weighted by atomic mass is 10.0. The van der Waals surface area contributed by atoms with E-state index in [2.05, 4.69) is 39.2 Å².